The summed E-state index contributed by atoms with van der Waals surface area (Å²) in [7, 11) is 0. The van der Waals surface area contributed by atoms with E-state index in [1.54, 1.807) is 22.9 Å². The molecular formula is C20H17FN6S. The molecule has 1 unspecified atom stereocenters. The number of nitrogens with zero attached hydrogens (tertiary/aromatic N) is 5. The minimum absolute atomic E-state index is 0.277. The van der Waals surface area contributed by atoms with Gasteiger partial charge in [-0.05, 0) is 61.6 Å². The lowest BCUT2D eigenvalue weighted by atomic mass is 10.1. The third kappa shape index (κ3) is 3.75. The molecule has 0 radical (unpaired) electrons. The quantitative estimate of drug-likeness (QED) is 0.669. The third-order valence-corrected chi connectivity index (χ3v) is 4.99. The van der Waals surface area contributed by atoms with Crippen molar-refractivity contribution in [2.45, 2.75) is 31.7 Å². The summed E-state index contributed by atoms with van der Waals surface area (Å²) < 4.78 is 15.6. The maximum absolute atomic E-state index is 14.0. The van der Waals surface area contributed by atoms with E-state index in [1.165, 1.54) is 18.6 Å². The number of rotatable bonds is 5. The molecule has 0 aliphatic heterocycles. The minimum Gasteiger partial charge on any atom is -0.366 e. The monoisotopic (exact) mass is 392 g/mol. The van der Waals surface area contributed by atoms with Gasteiger partial charge in [0.25, 0.3) is 0 Å². The first-order valence-electron chi connectivity index (χ1n) is 8.93. The van der Waals surface area contributed by atoms with Crippen molar-refractivity contribution in [2.24, 2.45) is 0 Å². The van der Waals surface area contributed by atoms with Crippen LogP contribution in [0.3, 0.4) is 0 Å². The second-order valence-electron chi connectivity index (χ2n) is 6.79. The van der Waals surface area contributed by atoms with Crippen molar-refractivity contribution in [2.75, 3.05) is 0 Å². The van der Waals surface area contributed by atoms with Gasteiger partial charge in [0, 0.05) is 11.8 Å². The Morgan fingerprint density at radius 3 is 2.82 bits per heavy atom. The molecule has 0 saturated heterocycles. The Morgan fingerprint density at radius 1 is 1.32 bits per heavy atom. The van der Waals surface area contributed by atoms with E-state index in [-0.39, 0.29) is 11.9 Å². The molecule has 1 saturated carbocycles. The SMILES string of the molecule is CC(NC(=S)c1cc(F)cc(C2CC2)c1)c1ncnn1-c1ccc(C#N)cn1. The van der Waals surface area contributed by atoms with Gasteiger partial charge in [-0.3, -0.25) is 0 Å². The van der Waals surface area contributed by atoms with Crippen LogP contribution in [0.15, 0.2) is 42.9 Å². The van der Waals surface area contributed by atoms with Crippen LogP contribution in [-0.2, 0) is 0 Å². The molecule has 2 heterocycles. The summed E-state index contributed by atoms with van der Waals surface area (Å²) in [5.41, 5.74) is 2.12. The lowest BCUT2D eigenvalue weighted by molar-refractivity contribution is 0.621. The number of benzene rings is 1. The molecule has 1 atom stereocenters. The summed E-state index contributed by atoms with van der Waals surface area (Å²) >= 11 is 5.50. The smallest absolute Gasteiger partial charge is 0.156 e. The van der Waals surface area contributed by atoms with Gasteiger partial charge < -0.3 is 5.32 Å². The fourth-order valence-corrected chi connectivity index (χ4v) is 3.33. The molecule has 28 heavy (non-hydrogen) atoms. The van der Waals surface area contributed by atoms with Crippen LogP contribution in [0, 0.1) is 17.1 Å². The van der Waals surface area contributed by atoms with Crippen LogP contribution in [0.2, 0.25) is 0 Å². The number of halogens is 1. The molecule has 8 heteroatoms. The van der Waals surface area contributed by atoms with Gasteiger partial charge in [0.05, 0.1) is 11.6 Å². The largest absolute Gasteiger partial charge is 0.366 e. The van der Waals surface area contributed by atoms with Crippen molar-refractivity contribution in [1.29, 1.82) is 5.26 Å². The molecule has 1 fully saturated rings. The van der Waals surface area contributed by atoms with E-state index in [0.717, 1.165) is 18.4 Å². The maximum atomic E-state index is 14.0. The molecule has 1 aromatic carbocycles. The Kier molecular flexibility index (Phi) is 4.84. The highest BCUT2D eigenvalue weighted by atomic mass is 32.1. The van der Waals surface area contributed by atoms with E-state index < -0.39 is 0 Å². The topological polar surface area (TPSA) is 79.4 Å². The molecule has 140 valence electrons. The van der Waals surface area contributed by atoms with Crippen LogP contribution in [-0.4, -0.2) is 24.7 Å². The molecule has 1 N–H and O–H groups in total. The van der Waals surface area contributed by atoms with Crippen molar-refractivity contribution < 1.29 is 4.39 Å². The van der Waals surface area contributed by atoms with Crippen molar-refractivity contribution in [3.63, 3.8) is 0 Å². The number of hydrogen-bond acceptors (Lipinski definition) is 5. The zero-order valence-corrected chi connectivity index (χ0v) is 15.9. The van der Waals surface area contributed by atoms with Crippen LogP contribution in [0.5, 0.6) is 0 Å². The standard InChI is InChI=1S/C20H17FN6S/c1-12(19-24-11-25-27(19)18-5-2-13(9-22)10-23-18)26-20(28)16-6-15(14-3-4-14)7-17(21)8-16/h2,5-8,10-12,14H,3-4H2,1H3,(H,26,28). The predicted molar refractivity (Wildman–Crippen MR) is 105 cm³/mol. The predicted octanol–water partition coefficient (Wildman–Crippen LogP) is 3.58. The Hall–Kier alpha value is -3.18. The van der Waals surface area contributed by atoms with Gasteiger partial charge in [-0.1, -0.05) is 12.2 Å². The third-order valence-electron chi connectivity index (χ3n) is 4.63. The van der Waals surface area contributed by atoms with E-state index in [9.17, 15) is 4.39 Å². The van der Waals surface area contributed by atoms with E-state index in [1.807, 2.05) is 19.1 Å². The van der Waals surface area contributed by atoms with E-state index >= 15 is 0 Å². The number of aromatic nitrogens is 4. The summed E-state index contributed by atoms with van der Waals surface area (Å²) in [5, 5.41) is 16.3. The van der Waals surface area contributed by atoms with Crippen LogP contribution in [0.1, 0.15) is 54.2 Å². The van der Waals surface area contributed by atoms with Crippen LogP contribution >= 0.6 is 12.2 Å². The average Bonchev–Trinajstić information content (AvgIpc) is 3.44. The average molecular weight is 392 g/mol. The maximum Gasteiger partial charge on any atom is 0.156 e. The Balaban J connectivity index is 1.54. The fraction of sp³-hybridized carbons (Fsp3) is 0.250. The molecule has 1 aliphatic rings. The molecule has 3 aromatic rings. The molecule has 4 rings (SSSR count). The van der Waals surface area contributed by atoms with Crippen LogP contribution < -0.4 is 5.32 Å². The lowest BCUT2D eigenvalue weighted by Gasteiger charge is -2.17. The number of nitrogens with one attached hydrogen (secondary N) is 1. The van der Waals surface area contributed by atoms with Crippen molar-refractivity contribution in [1.82, 2.24) is 25.1 Å². The van der Waals surface area contributed by atoms with E-state index in [4.69, 9.17) is 17.5 Å². The number of thiocarbonyl (C=S) groups is 1. The van der Waals surface area contributed by atoms with Gasteiger partial charge in [-0.2, -0.15) is 15.0 Å². The van der Waals surface area contributed by atoms with E-state index in [2.05, 4.69) is 20.4 Å². The first-order chi connectivity index (χ1) is 13.5. The Labute approximate surface area is 167 Å². The van der Waals surface area contributed by atoms with Crippen molar-refractivity contribution >= 4 is 17.2 Å². The Bertz CT molecular complexity index is 1070. The first-order valence-corrected chi connectivity index (χ1v) is 9.34. The van der Waals surface area contributed by atoms with Gasteiger partial charge in [0.1, 0.15) is 23.2 Å². The molecule has 6 nitrogen and oxygen atoms in total. The summed E-state index contributed by atoms with van der Waals surface area (Å²) in [5.74, 6) is 1.33. The summed E-state index contributed by atoms with van der Waals surface area (Å²) in [6.07, 6.45) is 5.11. The number of nitriles is 1. The lowest BCUT2D eigenvalue weighted by Crippen LogP contribution is -2.28. The molecule has 0 bridgehead atoms. The summed E-state index contributed by atoms with van der Waals surface area (Å²) in [4.78, 5) is 9.01. The second kappa shape index (κ2) is 7.44. The fourth-order valence-electron chi connectivity index (χ4n) is 3.04. The normalized spacial score (nSPS) is 14.3. The zero-order chi connectivity index (χ0) is 19.7. The van der Waals surface area contributed by atoms with Gasteiger partial charge in [0.15, 0.2) is 11.6 Å². The van der Waals surface area contributed by atoms with Gasteiger partial charge in [-0.25, -0.2) is 14.4 Å². The highest BCUT2D eigenvalue weighted by Gasteiger charge is 2.25. The van der Waals surface area contributed by atoms with Gasteiger partial charge in [-0.15, -0.1) is 0 Å². The minimum atomic E-state index is -0.278. The number of pyridine rings is 1. The number of hydrogen-bond donors (Lipinski definition) is 1. The molecule has 0 spiro atoms. The first kappa shape index (κ1) is 18.2. The van der Waals surface area contributed by atoms with Gasteiger partial charge >= 0.3 is 0 Å². The van der Waals surface area contributed by atoms with Gasteiger partial charge in [0.2, 0.25) is 0 Å². The summed E-state index contributed by atoms with van der Waals surface area (Å²) in [6, 6.07) is 10.1. The molecule has 2 aromatic heterocycles. The van der Waals surface area contributed by atoms with Crippen molar-refractivity contribution in [3.8, 4) is 11.9 Å². The highest BCUT2D eigenvalue weighted by molar-refractivity contribution is 7.80. The van der Waals surface area contributed by atoms with E-state index in [0.29, 0.717) is 33.7 Å². The molecule has 1 aliphatic carbocycles. The zero-order valence-electron chi connectivity index (χ0n) is 15.1. The van der Waals surface area contributed by atoms with Crippen LogP contribution in [0.4, 0.5) is 4.39 Å². The molecule has 0 amide bonds. The summed E-state index contributed by atoms with van der Waals surface area (Å²) in [6.45, 7) is 1.90. The Morgan fingerprint density at radius 2 is 2.14 bits per heavy atom. The molecular weight excluding hydrogens is 375 g/mol. The highest BCUT2D eigenvalue weighted by Crippen LogP contribution is 2.40. The van der Waals surface area contributed by atoms with Crippen molar-refractivity contribution in [3.05, 3.63) is 71.2 Å². The second-order valence-corrected chi connectivity index (χ2v) is 7.20. The van der Waals surface area contributed by atoms with Crippen LogP contribution in [0.25, 0.3) is 5.82 Å².